The molecular weight excluding hydrogens is 238 g/mol. The van der Waals surface area contributed by atoms with E-state index in [1.165, 1.54) is 20.9 Å². The van der Waals surface area contributed by atoms with Crippen molar-refractivity contribution in [1.82, 2.24) is 4.98 Å². The monoisotopic (exact) mass is 251 g/mol. The standard InChI is InChI=1S/C16H13NS/c1-2-4-14(5-3-1)16-7-6-15(18-16)12-13-8-10-17-11-9-13/h1-11H,12H2. The summed E-state index contributed by atoms with van der Waals surface area (Å²) >= 11 is 1.86. The van der Waals surface area contributed by atoms with Crippen LogP contribution in [0, 0.1) is 0 Å². The van der Waals surface area contributed by atoms with Gasteiger partial charge in [0.05, 0.1) is 0 Å². The molecule has 0 N–H and O–H groups in total. The van der Waals surface area contributed by atoms with Gasteiger partial charge in [-0.2, -0.15) is 0 Å². The first-order valence-corrected chi connectivity index (χ1v) is 6.76. The number of thiophene rings is 1. The zero-order chi connectivity index (χ0) is 12.2. The van der Waals surface area contributed by atoms with Gasteiger partial charge in [-0.15, -0.1) is 11.3 Å². The summed E-state index contributed by atoms with van der Waals surface area (Å²) in [5, 5.41) is 0. The van der Waals surface area contributed by atoms with Gasteiger partial charge < -0.3 is 0 Å². The molecule has 0 aliphatic heterocycles. The molecule has 0 fully saturated rings. The zero-order valence-corrected chi connectivity index (χ0v) is 10.7. The topological polar surface area (TPSA) is 12.9 Å². The molecule has 18 heavy (non-hydrogen) atoms. The molecule has 0 aliphatic carbocycles. The maximum atomic E-state index is 4.04. The summed E-state index contributed by atoms with van der Waals surface area (Å²) in [4.78, 5) is 6.77. The molecule has 0 saturated carbocycles. The maximum absolute atomic E-state index is 4.04. The van der Waals surface area contributed by atoms with Crippen LogP contribution in [0.25, 0.3) is 10.4 Å². The number of hydrogen-bond acceptors (Lipinski definition) is 2. The van der Waals surface area contributed by atoms with E-state index in [1.807, 2.05) is 23.7 Å². The predicted molar refractivity (Wildman–Crippen MR) is 76.8 cm³/mol. The molecule has 0 aliphatic rings. The van der Waals surface area contributed by atoms with Gasteiger partial charge in [-0.05, 0) is 35.4 Å². The van der Waals surface area contributed by atoms with E-state index in [4.69, 9.17) is 0 Å². The smallest absolute Gasteiger partial charge is 0.0345 e. The van der Waals surface area contributed by atoms with Crippen LogP contribution in [-0.2, 0) is 6.42 Å². The van der Waals surface area contributed by atoms with Crippen LogP contribution < -0.4 is 0 Å². The first kappa shape index (κ1) is 11.2. The third-order valence-corrected chi connectivity index (χ3v) is 3.98. The molecule has 88 valence electrons. The van der Waals surface area contributed by atoms with Gasteiger partial charge in [0.25, 0.3) is 0 Å². The SMILES string of the molecule is c1ccc(-c2ccc(Cc3ccncc3)s2)cc1. The third kappa shape index (κ3) is 2.49. The highest BCUT2D eigenvalue weighted by atomic mass is 32.1. The lowest BCUT2D eigenvalue weighted by molar-refractivity contribution is 1.19. The lowest BCUT2D eigenvalue weighted by atomic mass is 10.1. The fourth-order valence-corrected chi connectivity index (χ4v) is 2.98. The molecule has 1 aromatic carbocycles. The Morgan fingerprint density at radius 2 is 1.61 bits per heavy atom. The van der Waals surface area contributed by atoms with Crippen molar-refractivity contribution in [3.8, 4) is 10.4 Å². The van der Waals surface area contributed by atoms with Crippen LogP contribution in [0.2, 0.25) is 0 Å². The predicted octanol–water partition coefficient (Wildman–Crippen LogP) is 4.40. The van der Waals surface area contributed by atoms with Gasteiger partial charge in [-0.1, -0.05) is 30.3 Å². The Kier molecular flexibility index (Phi) is 3.20. The van der Waals surface area contributed by atoms with E-state index < -0.39 is 0 Å². The van der Waals surface area contributed by atoms with Crippen molar-refractivity contribution in [3.05, 3.63) is 77.4 Å². The number of rotatable bonds is 3. The Balaban J connectivity index is 1.82. The average Bonchev–Trinajstić information content (AvgIpc) is 2.89. The Morgan fingerprint density at radius 3 is 2.39 bits per heavy atom. The number of benzene rings is 1. The minimum absolute atomic E-state index is 0.986. The first-order valence-electron chi connectivity index (χ1n) is 5.95. The summed E-state index contributed by atoms with van der Waals surface area (Å²) in [6.45, 7) is 0. The van der Waals surface area contributed by atoms with Gasteiger partial charge in [-0.3, -0.25) is 4.98 Å². The van der Waals surface area contributed by atoms with Crippen LogP contribution in [-0.4, -0.2) is 4.98 Å². The molecule has 0 unspecified atom stereocenters. The molecular formula is C16H13NS. The summed E-state index contributed by atoms with van der Waals surface area (Å²) in [7, 11) is 0. The Morgan fingerprint density at radius 1 is 0.833 bits per heavy atom. The van der Waals surface area contributed by atoms with Crippen LogP contribution in [0.5, 0.6) is 0 Å². The van der Waals surface area contributed by atoms with Crippen molar-refractivity contribution < 1.29 is 0 Å². The zero-order valence-electron chi connectivity index (χ0n) is 9.91. The summed E-state index contributed by atoms with van der Waals surface area (Å²) in [6, 6.07) is 19.1. The number of nitrogens with zero attached hydrogens (tertiary/aromatic N) is 1. The van der Waals surface area contributed by atoms with Crippen molar-refractivity contribution in [2.24, 2.45) is 0 Å². The molecule has 0 radical (unpaired) electrons. The Labute approximate surface area is 111 Å². The number of pyridine rings is 1. The third-order valence-electron chi connectivity index (χ3n) is 2.85. The minimum atomic E-state index is 0.986. The van der Waals surface area contributed by atoms with E-state index in [9.17, 15) is 0 Å². The maximum Gasteiger partial charge on any atom is 0.0345 e. The lowest BCUT2D eigenvalue weighted by Crippen LogP contribution is -1.83. The fraction of sp³-hybridized carbons (Fsp3) is 0.0625. The van der Waals surface area contributed by atoms with E-state index in [0.29, 0.717) is 0 Å². The van der Waals surface area contributed by atoms with E-state index in [0.717, 1.165) is 6.42 Å². The van der Waals surface area contributed by atoms with Gasteiger partial charge in [0.2, 0.25) is 0 Å². The molecule has 3 rings (SSSR count). The molecule has 2 aromatic heterocycles. The van der Waals surface area contributed by atoms with E-state index in [-0.39, 0.29) is 0 Å². The highest BCUT2D eigenvalue weighted by Crippen LogP contribution is 2.29. The van der Waals surface area contributed by atoms with Crippen molar-refractivity contribution in [2.45, 2.75) is 6.42 Å². The van der Waals surface area contributed by atoms with Gasteiger partial charge >= 0.3 is 0 Å². The van der Waals surface area contributed by atoms with Gasteiger partial charge in [0, 0.05) is 28.6 Å². The molecule has 0 amide bonds. The summed E-state index contributed by atoms with van der Waals surface area (Å²) in [5.74, 6) is 0. The molecule has 2 heterocycles. The van der Waals surface area contributed by atoms with E-state index >= 15 is 0 Å². The van der Waals surface area contributed by atoms with Crippen molar-refractivity contribution in [2.75, 3.05) is 0 Å². The molecule has 0 saturated heterocycles. The van der Waals surface area contributed by atoms with Crippen molar-refractivity contribution in [1.29, 1.82) is 0 Å². The second-order valence-corrected chi connectivity index (χ2v) is 5.33. The summed E-state index contributed by atoms with van der Waals surface area (Å²) < 4.78 is 0. The first-order chi connectivity index (χ1) is 8.92. The minimum Gasteiger partial charge on any atom is -0.265 e. The molecule has 1 nitrogen and oxygen atoms in total. The van der Waals surface area contributed by atoms with Gasteiger partial charge in [-0.25, -0.2) is 0 Å². The van der Waals surface area contributed by atoms with E-state index in [1.54, 1.807) is 0 Å². The Bertz CT molecular complexity index is 614. The van der Waals surface area contributed by atoms with Gasteiger partial charge in [0.15, 0.2) is 0 Å². The molecule has 0 atom stereocenters. The second kappa shape index (κ2) is 5.15. The highest BCUT2D eigenvalue weighted by Gasteiger charge is 2.03. The van der Waals surface area contributed by atoms with Crippen molar-refractivity contribution >= 4 is 11.3 Å². The van der Waals surface area contributed by atoms with Crippen LogP contribution in [0.1, 0.15) is 10.4 Å². The van der Waals surface area contributed by atoms with Crippen LogP contribution >= 0.6 is 11.3 Å². The molecule has 3 aromatic rings. The second-order valence-electron chi connectivity index (χ2n) is 4.16. The van der Waals surface area contributed by atoms with Crippen molar-refractivity contribution in [3.63, 3.8) is 0 Å². The van der Waals surface area contributed by atoms with Crippen LogP contribution in [0.15, 0.2) is 67.0 Å². The highest BCUT2D eigenvalue weighted by molar-refractivity contribution is 7.15. The Hall–Kier alpha value is -1.93. The summed E-state index contributed by atoms with van der Waals surface area (Å²) in [6.07, 6.45) is 4.68. The van der Waals surface area contributed by atoms with Crippen LogP contribution in [0.4, 0.5) is 0 Å². The quantitative estimate of drug-likeness (QED) is 0.672. The summed E-state index contributed by atoms with van der Waals surface area (Å²) in [5.41, 5.74) is 2.61. The lowest BCUT2D eigenvalue weighted by Gasteiger charge is -1.97. The number of hydrogen-bond donors (Lipinski definition) is 0. The van der Waals surface area contributed by atoms with Gasteiger partial charge in [0.1, 0.15) is 0 Å². The van der Waals surface area contributed by atoms with E-state index in [2.05, 4.69) is 59.6 Å². The normalized spacial score (nSPS) is 10.4. The molecule has 0 spiro atoms. The largest absolute Gasteiger partial charge is 0.265 e. The molecule has 2 heteroatoms. The van der Waals surface area contributed by atoms with Crippen LogP contribution in [0.3, 0.4) is 0 Å². The fourth-order valence-electron chi connectivity index (χ4n) is 1.93. The average molecular weight is 251 g/mol. The number of aromatic nitrogens is 1. The molecule has 0 bridgehead atoms.